The second-order valence-corrected chi connectivity index (χ2v) is 5.03. The van der Waals surface area contributed by atoms with Gasteiger partial charge in [-0.1, -0.05) is 29.3 Å². The van der Waals surface area contributed by atoms with E-state index in [-0.39, 0.29) is 11.9 Å². The summed E-state index contributed by atoms with van der Waals surface area (Å²) in [5.74, 6) is 0.426. The minimum Gasteiger partial charge on any atom is -0.496 e. The highest BCUT2D eigenvalue weighted by atomic mass is 19.1. The zero-order valence-electron chi connectivity index (χ0n) is 12.3. The third-order valence-corrected chi connectivity index (χ3v) is 3.37. The number of hydrogen-bond acceptors (Lipinski definition) is 2. The number of rotatable bonds is 4. The molecule has 1 N–H and O–H groups in total. The van der Waals surface area contributed by atoms with Crippen LogP contribution in [0, 0.1) is 19.7 Å². The Morgan fingerprint density at radius 3 is 2.25 bits per heavy atom. The molecule has 1 atom stereocenters. The topological polar surface area (TPSA) is 21.3 Å². The van der Waals surface area contributed by atoms with Crippen molar-refractivity contribution >= 4 is 0 Å². The van der Waals surface area contributed by atoms with E-state index in [9.17, 15) is 4.39 Å². The molecule has 2 aromatic rings. The summed E-state index contributed by atoms with van der Waals surface area (Å²) in [5.41, 5.74) is 4.29. The molecule has 0 heterocycles. The molecule has 0 aromatic heterocycles. The Bertz CT molecular complexity index is 590. The van der Waals surface area contributed by atoms with Crippen molar-refractivity contribution in [2.45, 2.75) is 19.9 Å². The van der Waals surface area contributed by atoms with Crippen molar-refractivity contribution in [3.63, 3.8) is 0 Å². The minimum absolute atomic E-state index is 0.0979. The lowest BCUT2D eigenvalue weighted by Crippen LogP contribution is -2.19. The largest absolute Gasteiger partial charge is 0.496 e. The number of hydrogen-bond donors (Lipinski definition) is 1. The summed E-state index contributed by atoms with van der Waals surface area (Å²) in [6.07, 6.45) is 0. The van der Waals surface area contributed by atoms with Crippen molar-refractivity contribution in [1.29, 1.82) is 0 Å². The van der Waals surface area contributed by atoms with Gasteiger partial charge in [0.25, 0.3) is 0 Å². The molecule has 106 valence electrons. The molecule has 2 rings (SSSR count). The van der Waals surface area contributed by atoms with Crippen molar-refractivity contribution < 1.29 is 9.13 Å². The maximum atomic E-state index is 13.6. The third kappa shape index (κ3) is 2.99. The maximum absolute atomic E-state index is 13.6. The van der Waals surface area contributed by atoms with Crippen LogP contribution in [-0.2, 0) is 0 Å². The molecule has 2 aromatic carbocycles. The van der Waals surface area contributed by atoms with Gasteiger partial charge in [0, 0.05) is 5.56 Å². The number of nitrogens with one attached hydrogen (secondary N) is 1. The molecule has 0 aliphatic heterocycles. The van der Waals surface area contributed by atoms with Gasteiger partial charge in [-0.15, -0.1) is 0 Å². The molecule has 0 fully saturated rings. The van der Waals surface area contributed by atoms with Crippen LogP contribution >= 0.6 is 0 Å². The number of ether oxygens (including phenoxy) is 1. The van der Waals surface area contributed by atoms with Crippen molar-refractivity contribution in [3.05, 3.63) is 64.5 Å². The molecule has 2 nitrogen and oxygen atoms in total. The normalized spacial score (nSPS) is 12.2. The van der Waals surface area contributed by atoms with Gasteiger partial charge < -0.3 is 10.1 Å². The predicted molar refractivity (Wildman–Crippen MR) is 79.8 cm³/mol. The van der Waals surface area contributed by atoms with Crippen molar-refractivity contribution in [3.8, 4) is 5.75 Å². The van der Waals surface area contributed by atoms with E-state index in [1.165, 1.54) is 23.3 Å². The van der Waals surface area contributed by atoms with Gasteiger partial charge in [-0.05, 0) is 44.7 Å². The van der Waals surface area contributed by atoms with E-state index in [1.807, 2.05) is 7.05 Å². The van der Waals surface area contributed by atoms with Gasteiger partial charge in [-0.2, -0.15) is 0 Å². The van der Waals surface area contributed by atoms with Gasteiger partial charge in [-0.25, -0.2) is 4.39 Å². The second kappa shape index (κ2) is 6.06. The summed E-state index contributed by atoms with van der Waals surface area (Å²) in [6.45, 7) is 4.12. The molecular weight excluding hydrogens is 253 g/mol. The monoisotopic (exact) mass is 273 g/mol. The molecule has 1 unspecified atom stereocenters. The number of methoxy groups -OCH3 is 1. The molecule has 0 radical (unpaired) electrons. The zero-order valence-corrected chi connectivity index (χ0v) is 12.3. The summed E-state index contributed by atoms with van der Waals surface area (Å²) in [4.78, 5) is 0. The standard InChI is InChI=1S/C17H20FNO/c1-11-7-12(2)9-13(8-11)17(19-3)15-10-14(18)5-6-16(15)20-4/h5-10,17,19H,1-4H3. The SMILES string of the molecule is CNC(c1cc(C)cc(C)c1)c1cc(F)ccc1OC. The summed E-state index contributed by atoms with van der Waals surface area (Å²) >= 11 is 0. The quantitative estimate of drug-likeness (QED) is 0.915. The number of aryl methyl sites for hydroxylation is 2. The van der Waals surface area contributed by atoms with Crippen LogP contribution in [0.1, 0.15) is 28.3 Å². The van der Waals surface area contributed by atoms with E-state index >= 15 is 0 Å². The van der Waals surface area contributed by atoms with Gasteiger partial charge in [0.2, 0.25) is 0 Å². The highest BCUT2D eigenvalue weighted by molar-refractivity contribution is 5.43. The third-order valence-electron chi connectivity index (χ3n) is 3.37. The van der Waals surface area contributed by atoms with E-state index in [2.05, 4.69) is 37.4 Å². The smallest absolute Gasteiger partial charge is 0.124 e. The second-order valence-electron chi connectivity index (χ2n) is 5.03. The Labute approximate surface area is 119 Å². The number of halogens is 1. The van der Waals surface area contributed by atoms with Gasteiger partial charge in [-0.3, -0.25) is 0 Å². The lowest BCUT2D eigenvalue weighted by molar-refractivity contribution is 0.404. The Morgan fingerprint density at radius 2 is 1.70 bits per heavy atom. The summed E-state index contributed by atoms with van der Waals surface area (Å²) in [5, 5.41) is 3.24. The van der Waals surface area contributed by atoms with Gasteiger partial charge in [0.1, 0.15) is 11.6 Å². The van der Waals surface area contributed by atoms with Crippen LogP contribution in [0.5, 0.6) is 5.75 Å². The molecular formula is C17H20FNO. The first-order chi connectivity index (χ1) is 9.55. The average molecular weight is 273 g/mol. The van der Waals surface area contributed by atoms with E-state index in [0.29, 0.717) is 5.75 Å². The molecule has 0 aliphatic carbocycles. The highest BCUT2D eigenvalue weighted by Crippen LogP contribution is 2.31. The van der Waals surface area contributed by atoms with Gasteiger partial charge >= 0.3 is 0 Å². The minimum atomic E-state index is -0.259. The van der Waals surface area contributed by atoms with Crippen molar-refractivity contribution in [2.75, 3.05) is 14.2 Å². The van der Waals surface area contributed by atoms with Crippen molar-refractivity contribution in [2.24, 2.45) is 0 Å². The van der Waals surface area contributed by atoms with Crippen LogP contribution in [-0.4, -0.2) is 14.2 Å². The highest BCUT2D eigenvalue weighted by Gasteiger charge is 2.18. The summed E-state index contributed by atoms with van der Waals surface area (Å²) < 4.78 is 18.9. The van der Waals surface area contributed by atoms with E-state index in [1.54, 1.807) is 13.2 Å². The number of benzene rings is 2. The first-order valence-electron chi connectivity index (χ1n) is 6.64. The fourth-order valence-electron chi connectivity index (χ4n) is 2.61. The Kier molecular flexibility index (Phi) is 4.40. The van der Waals surface area contributed by atoms with Crippen LogP contribution in [0.4, 0.5) is 4.39 Å². The van der Waals surface area contributed by atoms with E-state index in [0.717, 1.165) is 11.1 Å². The van der Waals surface area contributed by atoms with Gasteiger partial charge in [0.05, 0.1) is 13.2 Å². The molecule has 0 saturated carbocycles. The van der Waals surface area contributed by atoms with Crippen LogP contribution < -0.4 is 10.1 Å². The summed E-state index contributed by atoms with van der Waals surface area (Å²) in [6, 6.07) is 10.8. The molecule has 0 aliphatic rings. The maximum Gasteiger partial charge on any atom is 0.124 e. The fraction of sp³-hybridized carbons (Fsp3) is 0.294. The molecule has 0 saturated heterocycles. The van der Waals surface area contributed by atoms with Crippen LogP contribution in [0.2, 0.25) is 0 Å². The molecule has 20 heavy (non-hydrogen) atoms. The first kappa shape index (κ1) is 14.5. The van der Waals surface area contributed by atoms with E-state index < -0.39 is 0 Å². The van der Waals surface area contributed by atoms with Gasteiger partial charge in [0.15, 0.2) is 0 Å². The van der Waals surface area contributed by atoms with Crippen molar-refractivity contribution in [1.82, 2.24) is 5.32 Å². The van der Waals surface area contributed by atoms with Crippen LogP contribution in [0.25, 0.3) is 0 Å². The molecule has 3 heteroatoms. The van der Waals surface area contributed by atoms with E-state index in [4.69, 9.17) is 4.74 Å². The predicted octanol–water partition coefficient (Wildman–Crippen LogP) is 3.76. The lowest BCUT2D eigenvalue weighted by Gasteiger charge is -2.21. The first-order valence-corrected chi connectivity index (χ1v) is 6.64. The Hall–Kier alpha value is -1.87. The fourth-order valence-corrected chi connectivity index (χ4v) is 2.61. The van der Waals surface area contributed by atoms with Crippen LogP contribution in [0.3, 0.4) is 0 Å². The lowest BCUT2D eigenvalue weighted by atomic mass is 9.95. The Balaban J connectivity index is 2.54. The molecule has 0 bridgehead atoms. The molecule has 0 spiro atoms. The molecule has 0 amide bonds. The van der Waals surface area contributed by atoms with Crippen LogP contribution in [0.15, 0.2) is 36.4 Å². The zero-order chi connectivity index (χ0) is 14.7. The summed E-state index contributed by atoms with van der Waals surface area (Å²) in [7, 11) is 3.47. The average Bonchev–Trinajstić information content (AvgIpc) is 2.39. The Morgan fingerprint density at radius 1 is 1.05 bits per heavy atom.